The van der Waals surface area contributed by atoms with Crippen molar-refractivity contribution in [3.8, 4) is 6.07 Å². The predicted molar refractivity (Wildman–Crippen MR) is 61.2 cm³/mol. The van der Waals surface area contributed by atoms with Crippen LogP contribution in [0.2, 0.25) is 0 Å². The Morgan fingerprint density at radius 1 is 1.59 bits per heavy atom. The second-order valence-corrected chi connectivity index (χ2v) is 3.60. The zero-order valence-corrected chi connectivity index (χ0v) is 9.43. The van der Waals surface area contributed by atoms with Crippen molar-refractivity contribution in [3.63, 3.8) is 0 Å². The van der Waals surface area contributed by atoms with Crippen molar-refractivity contribution in [3.05, 3.63) is 33.9 Å². The van der Waals surface area contributed by atoms with Crippen molar-refractivity contribution in [2.24, 2.45) is 5.92 Å². The van der Waals surface area contributed by atoms with Crippen molar-refractivity contribution >= 4 is 17.3 Å². The van der Waals surface area contributed by atoms with E-state index in [0.717, 1.165) is 0 Å². The molecule has 1 N–H and O–H groups in total. The van der Waals surface area contributed by atoms with Crippen LogP contribution in [0.25, 0.3) is 0 Å². The molecule has 0 bridgehead atoms. The molecule has 0 aromatic heterocycles. The number of carbonyl (C=O) groups is 1. The first-order valence-corrected chi connectivity index (χ1v) is 4.91. The van der Waals surface area contributed by atoms with Crippen LogP contribution < -0.4 is 5.32 Å². The van der Waals surface area contributed by atoms with Gasteiger partial charge in [0.05, 0.1) is 11.0 Å². The van der Waals surface area contributed by atoms with Gasteiger partial charge in [0.2, 0.25) is 5.91 Å². The van der Waals surface area contributed by atoms with Gasteiger partial charge in [-0.15, -0.1) is 0 Å². The topological polar surface area (TPSA) is 96.0 Å². The minimum absolute atomic E-state index is 0.00340. The van der Waals surface area contributed by atoms with E-state index in [-0.39, 0.29) is 5.69 Å². The number of anilines is 1. The molecule has 0 aliphatic carbocycles. The first-order chi connectivity index (χ1) is 7.95. The van der Waals surface area contributed by atoms with Crippen LogP contribution in [0.4, 0.5) is 11.4 Å². The first kappa shape index (κ1) is 12.6. The second kappa shape index (κ2) is 5.07. The lowest BCUT2D eigenvalue weighted by atomic mass is 10.1. The SMILES string of the molecule is Cc1cc(NC(=O)C(C)C#N)ccc1[N+](=O)[O-]. The van der Waals surface area contributed by atoms with Crippen molar-refractivity contribution in [1.29, 1.82) is 5.26 Å². The number of aryl methyl sites for hydroxylation is 1. The van der Waals surface area contributed by atoms with Gasteiger partial charge in [0.15, 0.2) is 0 Å². The number of nitrogens with one attached hydrogen (secondary N) is 1. The van der Waals surface area contributed by atoms with Crippen molar-refractivity contribution in [1.82, 2.24) is 0 Å². The maximum atomic E-state index is 11.4. The molecule has 1 rings (SSSR count). The highest BCUT2D eigenvalue weighted by atomic mass is 16.6. The fraction of sp³-hybridized carbons (Fsp3) is 0.273. The maximum absolute atomic E-state index is 11.4. The van der Waals surface area contributed by atoms with Crippen LogP contribution in [0.5, 0.6) is 0 Å². The number of nitro groups is 1. The summed E-state index contributed by atoms with van der Waals surface area (Å²) in [5, 5.41) is 21.7. The lowest BCUT2D eigenvalue weighted by Gasteiger charge is -2.07. The van der Waals surface area contributed by atoms with Gasteiger partial charge in [-0.25, -0.2) is 0 Å². The molecule has 0 saturated heterocycles. The molecule has 1 amide bonds. The summed E-state index contributed by atoms with van der Waals surface area (Å²) in [6.07, 6.45) is 0. The van der Waals surface area contributed by atoms with Gasteiger partial charge in [-0.2, -0.15) is 5.26 Å². The Labute approximate surface area is 98.0 Å². The molecule has 1 unspecified atom stereocenters. The molecule has 0 radical (unpaired) electrons. The second-order valence-electron chi connectivity index (χ2n) is 3.60. The van der Waals surface area contributed by atoms with Crippen LogP contribution in [-0.4, -0.2) is 10.8 Å². The number of nitrogens with zero attached hydrogens (tertiary/aromatic N) is 2. The molecule has 0 aliphatic rings. The van der Waals surface area contributed by atoms with E-state index in [1.807, 2.05) is 6.07 Å². The van der Waals surface area contributed by atoms with E-state index in [1.54, 1.807) is 6.92 Å². The van der Waals surface area contributed by atoms with Crippen LogP contribution in [0, 0.1) is 34.3 Å². The summed E-state index contributed by atoms with van der Waals surface area (Å²) in [5.41, 5.74) is 0.897. The fourth-order valence-electron chi connectivity index (χ4n) is 1.25. The summed E-state index contributed by atoms with van der Waals surface area (Å²) >= 11 is 0. The maximum Gasteiger partial charge on any atom is 0.272 e. The van der Waals surface area contributed by atoms with Gasteiger partial charge in [-0.1, -0.05) is 0 Å². The van der Waals surface area contributed by atoms with Gasteiger partial charge in [0.25, 0.3) is 5.69 Å². The zero-order valence-electron chi connectivity index (χ0n) is 9.43. The van der Waals surface area contributed by atoms with Gasteiger partial charge >= 0.3 is 0 Å². The van der Waals surface area contributed by atoms with Crippen molar-refractivity contribution in [2.45, 2.75) is 13.8 Å². The molecule has 0 aliphatic heterocycles. The highest BCUT2D eigenvalue weighted by Crippen LogP contribution is 2.21. The molecule has 6 heteroatoms. The molecule has 1 aromatic carbocycles. The van der Waals surface area contributed by atoms with Gasteiger partial charge in [-0.05, 0) is 26.0 Å². The van der Waals surface area contributed by atoms with E-state index < -0.39 is 16.7 Å². The standard InChI is InChI=1S/C11H11N3O3/c1-7-5-9(3-4-10(7)14(16)17)13-11(15)8(2)6-12/h3-5,8H,1-2H3,(H,13,15). The van der Waals surface area contributed by atoms with E-state index in [0.29, 0.717) is 11.3 Å². The number of rotatable bonds is 3. The van der Waals surface area contributed by atoms with E-state index in [9.17, 15) is 14.9 Å². The summed E-state index contributed by atoms with van der Waals surface area (Å²) in [6.45, 7) is 3.06. The number of carbonyl (C=O) groups excluding carboxylic acids is 1. The molecule has 1 aromatic rings. The quantitative estimate of drug-likeness (QED) is 0.637. The third-order valence-electron chi connectivity index (χ3n) is 2.25. The van der Waals surface area contributed by atoms with Crippen molar-refractivity contribution in [2.75, 3.05) is 5.32 Å². The molecule has 88 valence electrons. The van der Waals surface area contributed by atoms with E-state index in [1.165, 1.54) is 25.1 Å². The minimum Gasteiger partial charge on any atom is -0.325 e. The van der Waals surface area contributed by atoms with Crippen molar-refractivity contribution < 1.29 is 9.72 Å². The number of nitro benzene ring substituents is 1. The summed E-state index contributed by atoms with van der Waals surface area (Å²) in [7, 11) is 0. The highest BCUT2D eigenvalue weighted by Gasteiger charge is 2.14. The molecular formula is C11H11N3O3. The highest BCUT2D eigenvalue weighted by molar-refractivity contribution is 5.94. The monoisotopic (exact) mass is 233 g/mol. The third-order valence-corrected chi connectivity index (χ3v) is 2.25. The molecule has 6 nitrogen and oxygen atoms in total. The molecule has 17 heavy (non-hydrogen) atoms. The number of hydrogen-bond donors (Lipinski definition) is 1. The lowest BCUT2D eigenvalue weighted by Crippen LogP contribution is -2.18. The summed E-state index contributed by atoms with van der Waals surface area (Å²) in [5.74, 6) is -1.19. The number of nitriles is 1. The Morgan fingerprint density at radius 3 is 2.71 bits per heavy atom. The summed E-state index contributed by atoms with van der Waals surface area (Å²) in [4.78, 5) is 21.5. The molecule has 0 heterocycles. The third kappa shape index (κ3) is 3.01. The lowest BCUT2D eigenvalue weighted by molar-refractivity contribution is -0.385. The molecular weight excluding hydrogens is 222 g/mol. The molecule has 1 atom stereocenters. The Bertz CT molecular complexity index is 505. The van der Waals surface area contributed by atoms with Crippen LogP contribution in [-0.2, 0) is 4.79 Å². The van der Waals surface area contributed by atoms with Crippen LogP contribution in [0.15, 0.2) is 18.2 Å². The Kier molecular flexibility index (Phi) is 3.78. The van der Waals surface area contributed by atoms with E-state index in [4.69, 9.17) is 5.26 Å². The minimum atomic E-state index is -0.759. The molecule has 0 spiro atoms. The van der Waals surface area contributed by atoms with Gasteiger partial charge < -0.3 is 5.32 Å². The largest absolute Gasteiger partial charge is 0.325 e. The first-order valence-electron chi connectivity index (χ1n) is 4.91. The average molecular weight is 233 g/mol. The normalized spacial score (nSPS) is 11.4. The smallest absolute Gasteiger partial charge is 0.272 e. The number of hydrogen-bond acceptors (Lipinski definition) is 4. The molecule has 0 saturated carbocycles. The number of amides is 1. The summed E-state index contributed by atoms with van der Waals surface area (Å²) < 4.78 is 0. The Balaban J connectivity index is 2.89. The Hall–Kier alpha value is -2.42. The van der Waals surface area contributed by atoms with Gasteiger partial charge in [-0.3, -0.25) is 14.9 Å². The van der Waals surface area contributed by atoms with Crippen LogP contribution in [0.1, 0.15) is 12.5 Å². The van der Waals surface area contributed by atoms with E-state index >= 15 is 0 Å². The van der Waals surface area contributed by atoms with Crippen LogP contribution in [0.3, 0.4) is 0 Å². The Morgan fingerprint density at radius 2 is 2.24 bits per heavy atom. The van der Waals surface area contributed by atoms with Gasteiger partial charge in [0, 0.05) is 17.3 Å². The molecule has 0 fully saturated rings. The van der Waals surface area contributed by atoms with Crippen LogP contribution >= 0.6 is 0 Å². The average Bonchev–Trinajstić information content (AvgIpc) is 2.27. The van der Waals surface area contributed by atoms with Gasteiger partial charge in [0.1, 0.15) is 5.92 Å². The van der Waals surface area contributed by atoms with E-state index in [2.05, 4.69) is 5.32 Å². The fourth-order valence-corrected chi connectivity index (χ4v) is 1.25. The number of benzene rings is 1. The zero-order chi connectivity index (χ0) is 13.0. The predicted octanol–water partition coefficient (Wildman–Crippen LogP) is 2.00. The summed E-state index contributed by atoms with van der Waals surface area (Å²) in [6, 6.07) is 6.07.